The van der Waals surface area contributed by atoms with Crippen LogP contribution in [-0.2, 0) is 14.2 Å². The van der Waals surface area contributed by atoms with Crippen LogP contribution in [0.5, 0.6) is 0 Å². The van der Waals surface area contributed by atoms with E-state index >= 15 is 0 Å². The fourth-order valence-electron chi connectivity index (χ4n) is 11.3. The number of methoxy groups -OCH3 is 2. The zero-order chi connectivity index (χ0) is 25.4. The lowest BCUT2D eigenvalue weighted by Crippen LogP contribution is -2.70. The minimum atomic E-state index is -0.626. The van der Waals surface area contributed by atoms with E-state index < -0.39 is 23.4 Å². The number of allylic oxidation sites excluding steroid dienone is 1. The van der Waals surface area contributed by atoms with Gasteiger partial charge in [-0.15, -0.1) is 0 Å². The van der Waals surface area contributed by atoms with Gasteiger partial charge in [0.1, 0.15) is 11.7 Å². The van der Waals surface area contributed by atoms with Gasteiger partial charge in [-0.3, -0.25) is 0 Å². The average Bonchev–Trinajstić information content (AvgIpc) is 3.05. The first-order chi connectivity index (χ1) is 16.3. The molecule has 2 bridgehead atoms. The van der Waals surface area contributed by atoms with E-state index in [0.29, 0.717) is 11.8 Å². The Bertz CT molecular complexity index is 945. The standard InChI is InChI=1S/C30H48O5/c1-25(2)15-18-17-9-10-19-26(3)13-12-21(31)29(6,33-7)20(26)11-14-27(19,4)28(17,5)16-22-30(18,34-8)23(32)24(25)35-22/h9,18-24,31-32H,10-16H2,1-8H3. The Morgan fingerprint density at radius 3 is 2.29 bits per heavy atom. The normalized spacial score (nSPS) is 60.3. The van der Waals surface area contributed by atoms with Crippen molar-refractivity contribution >= 4 is 0 Å². The molecule has 5 nitrogen and oxygen atoms in total. The fourth-order valence-corrected chi connectivity index (χ4v) is 11.3. The number of ether oxygens (including phenoxy) is 3. The molecule has 0 aromatic heterocycles. The molecular weight excluding hydrogens is 440 g/mol. The molecule has 1 heterocycles. The molecule has 0 radical (unpaired) electrons. The van der Waals surface area contributed by atoms with Crippen LogP contribution in [0, 0.1) is 39.4 Å². The second-order valence-corrected chi connectivity index (χ2v) is 14.7. The van der Waals surface area contributed by atoms with E-state index in [0.717, 1.165) is 44.9 Å². The molecule has 198 valence electrons. The summed E-state index contributed by atoms with van der Waals surface area (Å²) in [7, 11) is 3.57. The Kier molecular flexibility index (Phi) is 5.07. The summed E-state index contributed by atoms with van der Waals surface area (Å²) in [4.78, 5) is 0. The van der Waals surface area contributed by atoms with Crippen molar-refractivity contribution in [3.8, 4) is 0 Å². The quantitative estimate of drug-likeness (QED) is 0.542. The average molecular weight is 489 g/mol. The molecule has 0 spiro atoms. The molecule has 0 aromatic rings. The molecule has 1 saturated heterocycles. The molecule has 6 aliphatic rings. The third-order valence-corrected chi connectivity index (χ3v) is 13.5. The molecule has 12 atom stereocenters. The van der Waals surface area contributed by atoms with E-state index in [1.54, 1.807) is 14.2 Å². The van der Waals surface area contributed by atoms with Crippen LogP contribution in [0.2, 0.25) is 0 Å². The molecule has 5 aliphatic carbocycles. The number of aliphatic hydroxyl groups excluding tert-OH is 2. The summed E-state index contributed by atoms with van der Waals surface area (Å²) in [5.41, 5.74) is 0.559. The molecular formula is C30H48O5. The summed E-state index contributed by atoms with van der Waals surface area (Å²) < 4.78 is 19.2. The monoisotopic (exact) mass is 488 g/mol. The third-order valence-electron chi connectivity index (χ3n) is 13.5. The molecule has 0 amide bonds. The van der Waals surface area contributed by atoms with Gasteiger partial charge in [-0.05, 0) is 85.4 Å². The fraction of sp³-hybridized carbons (Fsp3) is 0.933. The van der Waals surface area contributed by atoms with Crippen molar-refractivity contribution in [2.45, 2.75) is 122 Å². The topological polar surface area (TPSA) is 68.2 Å². The maximum absolute atomic E-state index is 11.6. The van der Waals surface area contributed by atoms with Crippen molar-refractivity contribution in [1.29, 1.82) is 0 Å². The number of aliphatic hydroxyl groups is 2. The molecule has 4 saturated carbocycles. The lowest BCUT2D eigenvalue weighted by atomic mass is 9.35. The number of rotatable bonds is 2. The molecule has 6 rings (SSSR count). The highest BCUT2D eigenvalue weighted by molar-refractivity contribution is 5.39. The van der Waals surface area contributed by atoms with Gasteiger partial charge in [-0.2, -0.15) is 0 Å². The third kappa shape index (κ3) is 2.59. The van der Waals surface area contributed by atoms with E-state index in [4.69, 9.17) is 14.2 Å². The molecule has 35 heavy (non-hydrogen) atoms. The number of hydrogen-bond acceptors (Lipinski definition) is 5. The predicted molar refractivity (Wildman–Crippen MR) is 135 cm³/mol. The van der Waals surface area contributed by atoms with Crippen LogP contribution >= 0.6 is 0 Å². The van der Waals surface area contributed by atoms with Crippen LogP contribution in [0.4, 0.5) is 0 Å². The van der Waals surface area contributed by atoms with E-state index in [2.05, 4.69) is 47.6 Å². The van der Waals surface area contributed by atoms with Gasteiger partial charge >= 0.3 is 0 Å². The molecule has 5 fully saturated rings. The second-order valence-electron chi connectivity index (χ2n) is 14.7. The highest BCUT2D eigenvalue weighted by Gasteiger charge is 2.76. The summed E-state index contributed by atoms with van der Waals surface area (Å²) in [5, 5.41) is 22.6. The zero-order valence-electron chi connectivity index (χ0n) is 23.2. The first-order valence-corrected chi connectivity index (χ1v) is 14.1. The SMILES string of the molecule is COC1(C)C(O)CCC2(C)C1CCC1(C)C2CC=C2C3CC(C)(C)C4OC(CC21C)C3(OC)C4O. The number of fused-ring (bicyclic) bond motifs is 7. The van der Waals surface area contributed by atoms with Crippen LogP contribution in [0.1, 0.15) is 86.5 Å². The first kappa shape index (κ1) is 24.9. The van der Waals surface area contributed by atoms with E-state index in [-0.39, 0.29) is 39.8 Å². The Balaban J connectivity index is 1.47. The Hall–Kier alpha value is -0.460. The van der Waals surface area contributed by atoms with Gasteiger partial charge in [0.2, 0.25) is 0 Å². The highest BCUT2D eigenvalue weighted by Crippen LogP contribution is 2.75. The van der Waals surface area contributed by atoms with Crippen LogP contribution in [0.25, 0.3) is 0 Å². The van der Waals surface area contributed by atoms with Gasteiger partial charge in [0.05, 0.1) is 23.9 Å². The number of hydrogen-bond donors (Lipinski definition) is 2. The minimum absolute atomic E-state index is 0.00414. The van der Waals surface area contributed by atoms with Crippen molar-refractivity contribution in [2.75, 3.05) is 14.2 Å². The largest absolute Gasteiger partial charge is 0.390 e. The molecule has 5 heteroatoms. The van der Waals surface area contributed by atoms with Crippen molar-refractivity contribution in [3.63, 3.8) is 0 Å². The molecule has 0 aromatic carbocycles. The van der Waals surface area contributed by atoms with Crippen molar-refractivity contribution in [2.24, 2.45) is 39.4 Å². The summed E-state index contributed by atoms with van der Waals surface area (Å²) >= 11 is 0. The van der Waals surface area contributed by atoms with Crippen molar-refractivity contribution < 1.29 is 24.4 Å². The van der Waals surface area contributed by atoms with Crippen LogP contribution in [0.15, 0.2) is 11.6 Å². The zero-order valence-corrected chi connectivity index (χ0v) is 23.2. The van der Waals surface area contributed by atoms with Crippen LogP contribution in [-0.4, -0.2) is 60.1 Å². The molecule has 1 aliphatic heterocycles. The maximum Gasteiger partial charge on any atom is 0.129 e. The highest BCUT2D eigenvalue weighted by atomic mass is 16.6. The van der Waals surface area contributed by atoms with Gasteiger partial charge in [0.15, 0.2) is 0 Å². The van der Waals surface area contributed by atoms with Gasteiger partial charge < -0.3 is 24.4 Å². The van der Waals surface area contributed by atoms with Crippen LogP contribution < -0.4 is 0 Å². The predicted octanol–water partition coefficient (Wildman–Crippen LogP) is 4.88. The van der Waals surface area contributed by atoms with Gasteiger partial charge in [-0.25, -0.2) is 0 Å². The molecule has 2 N–H and O–H groups in total. The lowest BCUT2D eigenvalue weighted by Gasteiger charge is -2.71. The smallest absolute Gasteiger partial charge is 0.129 e. The van der Waals surface area contributed by atoms with Crippen LogP contribution in [0.3, 0.4) is 0 Å². The first-order valence-electron chi connectivity index (χ1n) is 14.1. The molecule has 12 unspecified atom stereocenters. The van der Waals surface area contributed by atoms with Gasteiger partial charge in [0.25, 0.3) is 0 Å². The summed E-state index contributed by atoms with van der Waals surface area (Å²) in [5.74, 6) is 1.05. The summed E-state index contributed by atoms with van der Waals surface area (Å²) in [6, 6.07) is 0. The summed E-state index contributed by atoms with van der Waals surface area (Å²) in [6.07, 6.45) is 8.36. The van der Waals surface area contributed by atoms with Crippen molar-refractivity contribution in [1.82, 2.24) is 0 Å². The lowest BCUT2D eigenvalue weighted by molar-refractivity contribution is -0.249. The Morgan fingerprint density at radius 2 is 1.63 bits per heavy atom. The Labute approximate surface area is 212 Å². The van der Waals surface area contributed by atoms with E-state index in [1.165, 1.54) is 5.57 Å². The second kappa shape index (κ2) is 7.14. The Morgan fingerprint density at radius 1 is 0.914 bits per heavy atom. The van der Waals surface area contributed by atoms with Crippen molar-refractivity contribution in [3.05, 3.63) is 11.6 Å². The van der Waals surface area contributed by atoms with E-state index in [9.17, 15) is 10.2 Å². The minimum Gasteiger partial charge on any atom is -0.390 e. The van der Waals surface area contributed by atoms with Gasteiger partial charge in [0, 0.05) is 20.1 Å². The maximum atomic E-state index is 11.6. The summed E-state index contributed by atoms with van der Waals surface area (Å²) in [6.45, 7) is 14.2. The van der Waals surface area contributed by atoms with E-state index in [1.807, 2.05) is 0 Å². The van der Waals surface area contributed by atoms with Gasteiger partial charge in [-0.1, -0.05) is 46.3 Å².